The predicted octanol–water partition coefficient (Wildman–Crippen LogP) is 5.69. The summed E-state index contributed by atoms with van der Waals surface area (Å²) in [6.45, 7) is 2.67. The molecule has 2 aliphatic rings. The van der Waals surface area contributed by atoms with Gasteiger partial charge in [-0.25, -0.2) is 0 Å². The highest BCUT2D eigenvalue weighted by atomic mass is 35.5. The summed E-state index contributed by atoms with van der Waals surface area (Å²) >= 11 is 0. The van der Waals surface area contributed by atoms with Crippen LogP contribution in [0.1, 0.15) is 62.8 Å². The molecule has 1 aliphatic heterocycles. The summed E-state index contributed by atoms with van der Waals surface area (Å²) in [5.41, 5.74) is -0.117. The number of piperidine rings is 1. The number of likely N-dealkylation sites (tertiary alicyclic amines) is 1. The number of alkyl halides is 3. The summed E-state index contributed by atoms with van der Waals surface area (Å²) in [6, 6.07) is 6.19. The predicted molar refractivity (Wildman–Crippen MR) is 109 cm³/mol. The van der Waals surface area contributed by atoms with Gasteiger partial charge in [0, 0.05) is 12.5 Å². The van der Waals surface area contributed by atoms with Crippen molar-refractivity contribution in [3.05, 3.63) is 29.8 Å². The third kappa shape index (κ3) is 6.97. The molecule has 1 N–H and O–H groups in total. The van der Waals surface area contributed by atoms with Gasteiger partial charge in [0.25, 0.3) is 0 Å². The molecule has 0 amide bonds. The molecule has 8 heteroatoms. The Bertz CT molecular complexity index is 589. The fourth-order valence-electron chi connectivity index (χ4n) is 4.43. The van der Waals surface area contributed by atoms with Gasteiger partial charge in [0.15, 0.2) is 0 Å². The molecule has 0 bridgehead atoms. The summed E-state index contributed by atoms with van der Waals surface area (Å²) in [5, 5.41) is 11.3. The number of aliphatic hydroxyl groups is 1. The van der Waals surface area contributed by atoms with Crippen molar-refractivity contribution in [3.63, 3.8) is 0 Å². The zero-order valence-electron chi connectivity index (χ0n) is 15.9. The van der Waals surface area contributed by atoms with E-state index in [1.54, 1.807) is 6.07 Å². The maximum Gasteiger partial charge on any atom is 0.573 e. The zero-order chi connectivity index (χ0) is 18.6. The van der Waals surface area contributed by atoms with Gasteiger partial charge < -0.3 is 14.7 Å². The summed E-state index contributed by atoms with van der Waals surface area (Å²) in [6.07, 6.45) is 3.24. The molecule has 0 spiro atoms. The van der Waals surface area contributed by atoms with Crippen molar-refractivity contribution >= 4 is 24.8 Å². The standard InChI is InChI=1S/C20H28F3NO2.2ClH/c21-20(22,23)26-17-9-7-8-16(14-17)18(15-24-12-5-2-6-13-24)19(25)10-3-1-4-11-19;;/h7-9,14,18,25H,1-6,10-13,15H2;2*1H. The van der Waals surface area contributed by atoms with E-state index in [1.165, 1.54) is 18.6 Å². The lowest BCUT2D eigenvalue weighted by Crippen LogP contribution is -2.45. The van der Waals surface area contributed by atoms with Crippen molar-refractivity contribution in [3.8, 4) is 5.75 Å². The van der Waals surface area contributed by atoms with Crippen molar-refractivity contribution in [1.82, 2.24) is 4.90 Å². The van der Waals surface area contributed by atoms with E-state index in [2.05, 4.69) is 9.64 Å². The van der Waals surface area contributed by atoms with Gasteiger partial charge in [-0.05, 0) is 56.5 Å². The van der Waals surface area contributed by atoms with Crippen LogP contribution in [0.25, 0.3) is 0 Å². The third-order valence-electron chi connectivity index (χ3n) is 5.75. The Kier molecular flexibility index (Phi) is 9.87. The molecule has 3 nitrogen and oxygen atoms in total. The first-order valence-corrected chi connectivity index (χ1v) is 9.66. The average Bonchev–Trinajstić information content (AvgIpc) is 2.60. The molecule has 1 heterocycles. The largest absolute Gasteiger partial charge is 0.573 e. The van der Waals surface area contributed by atoms with E-state index in [1.807, 2.05) is 6.07 Å². The van der Waals surface area contributed by atoms with E-state index in [0.29, 0.717) is 19.4 Å². The third-order valence-corrected chi connectivity index (χ3v) is 5.75. The number of halogens is 5. The number of benzene rings is 1. The molecule has 1 atom stereocenters. The van der Waals surface area contributed by atoms with Gasteiger partial charge in [-0.2, -0.15) is 0 Å². The van der Waals surface area contributed by atoms with E-state index in [0.717, 1.165) is 50.8 Å². The maximum atomic E-state index is 12.6. The first-order chi connectivity index (χ1) is 12.4. The maximum absolute atomic E-state index is 12.6. The normalized spacial score (nSPS) is 21.1. The molecule has 1 aromatic rings. The molecular weight excluding hydrogens is 414 g/mol. The molecular formula is C20H30Cl2F3NO2. The lowest BCUT2D eigenvalue weighted by molar-refractivity contribution is -0.274. The van der Waals surface area contributed by atoms with Crippen molar-refractivity contribution in [2.75, 3.05) is 19.6 Å². The molecule has 1 aliphatic carbocycles. The zero-order valence-corrected chi connectivity index (χ0v) is 17.6. The second-order valence-electron chi connectivity index (χ2n) is 7.70. The minimum Gasteiger partial charge on any atom is -0.406 e. The molecule has 1 saturated heterocycles. The fourth-order valence-corrected chi connectivity index (χ4v) is 4.43. The first kappa shape index (κ1) is 25.3. The molecule has 1 saturated carbocycles. The van der Waals surface area contributed by atoms with Crippen LogP contribution in [-0.4, -0.2) is 41.6 Å². The highest BCUT2D eigenvalue weighted by Crippen LogP contribution is 2.41. The van der Waals surface area contributed by atoms with Crippen LogP contribution in [0, 0.1) is 0 Å². The van der Waals surface area contributed by atoms with Crippen molar-refractivity contribution < 1.29 is 23.0 Å². The molecule has 0 radical (unpaired) electrons. The first-order valence-electron chi connectivity index (χ1n) is 9.66. The van der Waals surface area contributed by atoms with Crippen LogP contribution in [0.2, 0.25) is 0 Å². The Balaban J connectivity index is 0.00000196. The minimum absolute atomic E-state index is 0. The Morgan fingerprint density at radius 2 is 1.61 bits per heavy atom. The van der Waals surface area contributed by atoms with Gasteiger partial charge in [0.05, 0.1) is 5.60 Å². The van der Waals surface area contributed by atoms with E-state index in [4.69, 9.17) is 0 Å². The van der Waals surface area contributed by atoms with Crippen LogP contribution in [0.4, 0.5) is 13.2 Å². The Hall–Kier alpha value is -0.690. The van der Waals surface area contributed by atoms with E-state index in [9.17, 15) is 18.3 Å². The van der Waals surface area contributed by atoms with Gasteiger partial charge in [-0.3, -0.25) is 0 Å². The Morgan fingerprint density at radius 3 is 2.21 bits per heavy atom. The molecule has 3 rings (SSSR count). The quantitative estimate of drug-likeness (QED) is 0.633. The average molecular weight is 444 g/mol. The van der Waals surface area contributed by atoms with Gasteiger partial charge in [-0.15, -0.1) is 38.0 Å². The number of nitrogens with zero attached hydrogens (tertiary/aromatic N) is 1. The van der Waals surface area contributed by atoms with Crippen LogP contribution in [0.15, 0.2) is 24.3 Å². The van der Waals surface area contributed by atoms with Gasteiger partial charge in [-0.1, -0.05) is 37.8 Å². The van der Waals surface area contributed by atoms with Gasteiger partial charge in [0.2, 0.25) is 0 Å². The van der Waals surface area contributed by atoms with Crippen molar-refractivity contribution in [2.24, 2.45) is 0 Å². The van der Waals surface area contributed by atoms with Crippen LogP contribution in [-0.2, 0) is 0 Å². The van der Waals surface area contributed by atoms with E-state index in [-0.39, 0.29) is 36.5 Å². The monoisotopic (exact) mass is 443 g/mol. The van der Waals surface area contributed by atoms with Crippen LogP contribution in [0.3, 0.4) is 0 Å². The number of hydrogen-bond acceptors (Lipinski definition) is 3. The van der Waals surface area contributed by atoms with Crippen molar-refractivity contribution in [1.29, 1.82) is 0 Å². The lowest BCUT2D eigenvalue weighted by Gasteiger charge is -2.42. The molecule has 1 aromatic carbocycles. The highest BCUT2D eigenvalue weighted by molar-refractivity contribution is 5.85. The summed E-state index contributed by atoms with van der Waals surface area (Å²) in [7, 11) is 0. The second-order valence-corrected chi connectivity index (χ2v) is 7.70. The SMILES string of the molecule is Cl.Cl.OC1(C(CN2CCCCC2)c2cccc(OC(F)(F)F)c2)CCCCC1. The lowest BCUT2D eigenvalue weighted by atomic mass is 9.72. The fraction of sp³-hybridized carbons (Fsp3) is 0.700. The van der Waals surface area contributed by atoms with E-state index >= 15 is 0 Å². The Labute approximate surface area is 177 Å². The summed E-state index contributed by atoms with van der Waals surface area (Å²) in [4.78, 5) is 2.35. The highest BCUT2D eigenvalue weighted by Gasteiger charge is 2.40. The van der Waals surface area contributed by atoms with E-state index < -0.39 is 12.0 Å². The van der Waals surface area contributed by atoms with Gasteiger partial charge in [0.1, 0.15) is 5.75 Å². The Morgan fingerprint density at radius 1 is 1.00 bits per heavy atom. The number of rotatable bonds is 5. The van der Waals surface area contributed by atoms with Crippen molar-refractivity contribution in [2.45, 2.75) is 69.2 Å². The second kappa shape index (κ2) is 10.9. The number of ether oxygens (including phenoxy) is 1. The summed E-state index contributed by atoms with van der Waals surface area (Å²) < 4.78 is 41.9. The smallest absolute Gasteiger partial charge is 0.406 e. The molecule has 0 aromatic heterocycles. The van der Waals surface area contributed by atoms with Crippen LogP contribution >= 0.6 is 24.8 Å². The topological polar surface area (TPSA) is 32.7 Å². The number of hydrogen-bond donors (Lipinski definition) is 1. The molecule has 2 fully saturated rings. The molecule has 28 heavy (non-hydrogen) atoms. The van der Waals surface area contributed by atoms with Crippen LogP contribution < -0.4 is 4.74 Å². The minimum atomic E-state index is -4.71. The molecule has 1 unspecified atom stereocenters. The van der Waals surface area contributed by atoms with Crippen LogP contribution in [0.5, 0.6) is 5.75 Å². The summed E-state index contributed by atoms with van der Waals surface area (Å²) in [5.74, 6) is -0.407. The van der Waals surface area contributed by atoms with Gasteiger partial charge >= 0.3 is 6.36 Å². The molecule has 162 valence electrons.